The van der Waals surface area contributed by atoms with Crippen LogP contribution in [-0.2, 0) is 10.8 Å². The number of hydrogen-bond donors (Lipinski definition) is 0. The third-order valence-electron chi connectivity index (χ3n) is 17.6. The van der Waals surface area contributed by atoms with Gasteiger partial charge in [-0.2, -0.15) is 0 Å². The molecule has 0 saturated carbocycles. The Balaban J connectivity index is 0.876. The first-order chi connectivity index (χ1) is 38.0. The summed E-state index contributed by atoms with van der Waals surface area (Å²) in [7, 11) is 0. The summed E-state index contributed by atoms with van der Waals surface area (Å²) in [5.41, 5.74) is 33.3. The average Bonchev–Trinajstić information content (AvgIpc) is 4.21. The maximum Gasteiger partial charge on any atom is 0.0726 e. The highest BCUT2D eigenvalue weighted by Gasteiger charge is 2.53. The van der Waals surface area contributed by atoms with Gasteiger partial charge in [0.05, 0.1) is 10.8 Å². The smallest absolute Gasteiger partial charge is 0.0726 e. The standard InChI is InChI=1S/C76H51N/c1-48-42-49(2)44-55(43-48)52-32-30-50(31-33-52)53-16-15-17-54(45-53)51-34-36-56(37-35-51)77(57-38-40-65-63-22-7-13-28-71(63)75(73(65)46-57)67-24-9-3-18-59(67)60-19-4-10-25-68(60)75)58-39-41-66-64-23-8-14-29-72(64)76(74(66)47-58)69-26-11-5-20-61(69)62-21-6-12-27-70(62)76/h3-47H,1-2H3. The summed E-state index contributed by atoms with van der Waals surface area (Å²) in [6.45, 7) is 4.35. The van der Waals surface area contributed by atoms with E-state index >= 15 is 0 Å². The van der Waals surface area contributed by atoms with Gasteiger partial charge in [0.25, 0.3) is 0 Å². The molecule has 360 valence electrons. The Morgan fingerprint density at radius 2 is 0.506 bits per heavy atom. The molecule has 0 atom stereocenters. The zero-order chi connectivity index (χ0) is 51.0. The quantitative estimate of drug-likeness (QED) is 0.160. The molecule has 1 heteroatoms. The lowest BCUT2D eigenvalue weighted by Gasteiger charge is -2.33. The van der Waals surface area contributed by atoms with E-state index < -0.39 is 10.8 Å². The van der Waals surface area contributed by atoms with E-state index in [1.807, 2.05) is 0 Å². The van der Waals surface area contributed by atoms with Gasteiger partial charge >= 0.3 is 0 Å². The minimum absolute atomic E-state index is 0.476. The predicted molar refractivity (Wildman–Crippen MR) is 320 cm³/mol. The van der Waals surface area contributed by atoms with Crippen LogP contribution in [0.15, 0.2) is 273 Å². The first kappa shape index (κ1) is 43.8. The lowest BCUT2D eigenvalue weighted by atomic mass is 9.70. The molecule has 0 radical (unpaired) electrons. The number of anilines is 3. The fourth-order valence-corrected chi connectivity index (χ4v) is 14.6. The molecule has 12 aromatic carbocycles. The molecule has 4 aliphatic rings. The van der Waals surface area contributed by atoms with Crippen LogP contribution < -0.4 is 4.90 Å². The molecule has 0 saturated heterocycles. The van der Waals surface area contributed by atoms with Gasteiger partial charge in [-0.25, -0.2) is 0 Å². The second-order valence-corrected chi connectivity index (χ2v) is 21.7. The maximum absolute atomic E-state index is 2.52. The second kappa shape index (κ2) is 16.5. The van der Waals surface area contributed by atoms with Crippen molar-refractivity contribution in [3.05, 3.63) is 329 Å². The van der Waals surface area contributed by atoms with Crippen molar-refractivity contribution >= 4 is 17.1 Å². The molecule has 0 unspecified atom stereocenters. The van der Waals surface area contributed by atoms with Crippen LogP contribution in [0.5, 0.6) is 0 Å². The molecular weight excluding hydrogens is 927 g/mol. The number of benzene rings is 12. The number of fused-ring (bicyclic) bond motifs is 20. The predicted octanol–water partition coefficient (Wildman–Crippen LogP) is 19.5. The third kappa shape index (κ3) is 6.11. The van der Waals surface area contributed by atoms with Gasteiger partial charge in [0.15, 0.2) is 0 Å². The Labute approximate surface area is 450 Å². The van der Waals surface area contributed by atoms with E-state index in [0.29, 0.717) is 0 Å². The highest BCUT2D eigenvalue weighted by Crippen LogP contribution is 2.65. The summed E-state index contributed by atoms with van der Waals surface area (Å²) in [6.07, 6.45) is 0. The van der Waals surface area contributed by atoms with Gasteiger partial charge in [0, 0.05) is 17.1 Å². The van der Waals surface area contributed by atoms with E-state index in [0.717, 1.165) is 17.1 Å². The Kier molecular flexibility index (Phi) is 9.37. The minimum Gasteiger partial charge on any atom is -0.310 e. The summed E-state index contributed by atoms with van der Waals surface area (Å²) >= 11 is 0. The highest BCUT2D eigenvalue weighted by atomic mass is 15.1. The first-order valence-electron chi connectivity index (χ1n) is 27.1. The molecule has 0 aliphatic heterocycles. The molecule has 77 heavy (non-hydrogen) atoms. The van der Waals surface area contributed by atoms with Gasteiger partial charge < -0.3 is 4.90 Å². The van der Waals surface area contributed by atoms with E-state index in [4.69, 9.17) is 0 Å². The van der Waals surface area contributed by atoms with Crippen LogP contribution >= 0.6 is 0 Å². The maximum atomic E-state index is 2.52. The van der Waals surface area contributed by atoms with Crippen molar-refractivity contribution in [3.8, 4) is 77.9 Å². The van der Waals surface area contributed by atoms with Crippen molar-refractivity contribution in [2.45, 2.75) is 24.7 Å². The van der Waals surface area contributed by atoms with Gasteiger partial charge in [-0.3, -0.25) is 0 Å². The van der Waals surface area contributed by atoms with Crippen LogP contribution in [0.4, 0.5) is 17.1 Å². The third-order valence-corrected chi connectivity index (χ3v) is 17.6. The van der Waals surface area contributed by atoms with E-state index in [9.17, 15) is 0 Å². The summed E-state index contributed by atoms with van der Waals surface area (Å²) in [6, 6.07) is 103. The van der Waals surface area contributed by atoms with E-state index in [1.165, 1.54) is 134 Å². The summed E-state index contributed by atoms with van der Waals surface area (Å²) < 4.78 is 0. The Morgan fingerprint density at radius 1 is 0.208 bits per heavy atom. The van der Waals surface area contributed by atoms with Crippen LogP contribution in [0, 0.1) is 13.8 Å². The molecule has 0 aromatic heterocycles. The number of nitrogens with zero attached hydrogens (tertiary/aromatic N) is 1. The van der Waals surface area contributed by atoms with Gasteiger partial charge in [0.1, 0.15) is 0 Å². The van der Waals surface area contributed by atoms with Gasteiger partial charge in [0.2, 0.25) is 0 Å². The second-order valence-electron chi connectivity index (χ2n) is 21.7. The van der Waals surface area contributed by atoms with Crippen LogP contribution in [0.1, 0.15) is 55.6 Å². The molecule has 2 spiro atoms. The van der Waals surface area contributed by atoms with Gasteiger partial charge in [-0.05, 0) is 179 Å². The Bertz CT molecular complexity index is 4080. The lowest BCUT2D eigenvalue weighted by Crippen LogP contribution is -2.26. The van der Waals surface area contributed by atoms with Crippen LogP contribution in [0.3, 0.4) is 0 Å². The Morgan fingerprint density at radius 3 is 0.870 bits per heavy atom. The molecule has 0 amide bonds. The molecule has 0 fully saturated rings. The lowest BCUT2D eigenvalue weighted by molar-refractivity contribution is 0.792. The zero-order valence-electron chi connectivity index (χ0n) is 42.9. The Hall–Kier alpha value is -9.56. The van der Waals surface area contributed by atoms with E-state index in [-0.39, 0.29) is 0 Å². The van der Waals surface area contributed by atoms with Crippen LogP contribution in [0.25, 0.3) is 77.9 Å². The van der Waals surface area contributed by atoms with Crippen molar-refractivity contribution in [2.24, 2.45) is 0 Å². The molecule has 0 N–H and O–H groups in total. The highest BCUT2D eigenvalue weighted by molar-refractivity contribution is 5.99. The van der Waals surface area contributed by atoms with Gasteiger partial charge in [-0.15, -0.1) is 0 Å². The fourth-order valence-electron chi connectivity index (χ4n) is 14.6. The first-order valence-corrected chi connectivity index (χ1v) is 27.1. The SMILES string of the molecule is Cc1cc(C)cc(-c2ccc(-c3cccc(-c4ccc(N(c5ccc6c(c5)C5(c7ccccc7-c7ccccc75)c5ccccc5-6)c5ccc6c(c5)C5(c7ccccc7-c7ccccc75)c5ccccc5-6)cc4)c3)cc2)c1. The van der Waals surface area contributed by atoms with Crippen molar-refractivity contribution in [1.29, 1.82) is 0 Å². The largest absolute Gasteiger partial charge is 0.310 e. The van der Waals surface area contributed by atoms with Crippen molar-refractivity contribution < 1.29 is 0 Å². The minimum atomic E-state index is -0.476. The van der Waals surface area contributed by atoms with Crippen molar-refractivity contribution in [1.82, 2.24) is 0 Å². The number of rotatable bonds is 6. The molecule has 4 aliphatic carbocycles. The summed E-state index contributed by atoms with van der Waals surface area (Å²) in [5, 5.41) is 0. The summed E-state index contributed by atoms with van der Waals surface area (Å²) in [4.78, 5) is 2.52. The van der Waals surface area contributed by atoms with Crippen molar-refractivity contribution in [2.75, 3.05) is 4.90 Å². The normalized spacial score (nSPS) is 13.8. The van der Waals surface area contributed by atoms with Crippen molar-refractivity contribution in [3.63, 3.8) is 0 Å². The monoisotopic (exact) mass is 977 g/mol. The molecular formula is C76H51N. The van der Waals surface area contributed by atoms with Crippen LogP contribution in [0.2, 0.25) is 0 Å². The molecule has 12 aromatic rings. The van der Waals surface area contributed by atoms with Crippen LogP contribution in [-0.4, -0.2) is 0 Å². The molecule has 16 rings (SSSR count). The summed E-state index contributed by atoms with van der Waals surface area (Å²) in [5.74, 6) is 0. The topological polar surface area (TPSA) is 3.24 Å². The van der Waals surface area contributed by atoms with E-state index in [2.05, 4.69) is 292 Å². The molecule has 0 bridgehead atoms. The van der Waals surface area contributed by atoms with Gasteiger partial charge in [-0.1, -0.05) is 242 Å². The number of aryl methyl sites for hydroxylation is 2. The molecule has 1 nitrogen and oxygen atoms in total. The molecule has 0 heterocycles. The zero-order valence-corrected chi connectivity index (χ0v) is 42.9. The number of hydrogen-bond acceptors (Lipinski definition) is 1. The van der Waals surface area contributed by atoms with E-state index in [1.54, 1.807) is 0 Å². The average molecular weight is 978 g/mol. The fraction of sp³-hybridized carbons (Fsp3) is 0.0526.